The number of pyridine rings is 1. The highest BCUT2D eigenvalue weighted by molar-refractivity contribution is 5.44. The topological polar surface area (TPSA) is 16.1 Å². The molecule has 84 valence electrons. The highest BCUT2D eigenvalue weighted by Gasteiger charge is 2.07. The van der Waals surface area contributed by atoms with Gasteiger partial charge in [-0.3, -0.25) is 4.98 Å². The molecule has 0 aliphatic rings. The minimum absolute atomic E-state index is 0.218. The first-order valence-corrected chi connectivity index (χ1v) is 5.56. The van der Waals surface area contributed by atoms with E-state index in [1.807, 2.05) is 0 Å². The molecule has 3 heteroatoms. The van der Waals surface area contributed by atoms with Crippen LogP contribution in [0.3, 0.4) is 0 Å². The maximum absolute atomic E-state index is 13.3. The second kappa shape index (κ2) is 5.69. The molecule has 0 atom stereocenters. The molecule has 0 unspecified atom stereocenters. The van der Waals surface area contributed by atoms with Gasteiger partial charge >= 0.3 is 0 Å². The van der Waals surface area contributed by atoms with Gasteiger partial charge < -0.3 is 4.90 Å². The highest BCUT2D eigenvalue weighted by atomic mass is 19.1. The van der Waals surface area contributed by atoms with E-state index in [9.17, 15) is 4.39 Å². The van der Waals surface area contributed by atoms with Crippen LogP contribution in [0, 0.1) is 12.7 Å². The first kappa shape index (κ1) is 12.0. The Morgan fingerprint density at radius 1 is 1.27 bits per heavy atom. The monoisotopic (exact) mass is 210 g/mol. The van der Waals surface area contributed by atoms with Crippen molar-refractivity contribution in [2.24, 2.45) is 0 Å². The second-order valence-electron chi connectivity index (χ2n) is 3.75. The quantitative estimate of drug-likeness (QED) is 0.742. The summed E-state index contributed by atoms with van der Waals surface area (Å²) in [7, 11) is 0. The van der Waals surface area contributed by atoms with Gasteiger partial charge in [0, 0.05) is 19.2 Å². The molecule has 0 fully saturated rings. The van der Waals surface area contributed by atoms with Gasteiger partial charge in [0.05, 0.1) is 17.6 Å². The molecular formula is C12H19FN2. The number of halogens is 1. The van der Waals surface area contributed by atoms with Crippen LogP contribution in [-0.2, 0) is 0 Å². The first-order chi connectivity index (χ1) is 7.19. The average molecular weight is 210 g/mol. The zero-order valence-electron chi connectivity index (χ0n) is 9.76. The lowest BCUT2D eigenvalue weighted by atomic mass is 10.2. The van der Waals surface area contributed by atoms with Crippen LogP contribution in [0.2, 0.25) is 0 Å². The number of aromatic nitrogens is 1. The zero-order chi connectivity index (χ0) is 11.3. The molecule has 0 N–H and O–H groups in total. The summed E-state index contributed by atoms with van der Waals surface area (Å²) < 4.78 is 13.3. The lowest BCUT2D eigenvalue weighted by molar-refractivity contribution is 0.607. The Morgan fingerprint density at radius 3 is 2.33 bits per heavy atom. The molecule has 0 aromatic carbocycles. The van der Waals surface area contributed by atoms with Gasteiger partial charge in [0.15, 0.2) is 0 Å². The predicted octanol–water partition coefficient (Wildman–Crippen LogP) is 3.16. The van der Waals surface area contributed by atoms with E-state index in [4.69, 9.17) is 0 Å². The van der Waals surface area contributed by atoms with Crippen molar-refractivity contribution < 1.29 is 4.39 Å². The molecule has 0 bridgehead atoms. The van der Waals surface area contributed by atoms with E-state index in [0.29, 0.717) is 5.69 Å². The van der Waals surface area contributed by atoms with Crippen LogP contribution in [0.15, 0.2) is 12.3 Å². The molecule has 1 aromatic rings. The summed E-state index contributed by atoms with van der Waals surface area (Å²) >= 11 is 0. The molecule has 1 aromatic heterocycles. The van der Waals surface area contributed by atoms with Crippen LogP contribution in [0.5, 0.6) is 0 Å². The van der Waals surface area contributed by atoms with E-state index in [0.717, 1.165) is 31.6 Å². The molecular weight excluding hydrogens is 191 g/mol. The summed E-state index contributed by atoms with van der Waals surface area (Å²) in [5.74, 6) is -0.218. The van der Waals surface area contributed by atoms with Gasteiger partial charge in [-0.1, -0.05) is 13.8 Å². The molecule has 0 aliphatic carbocycles. The molecule has 1 rings (SSSR count). The SMILES string of the molecule is CCCN(CCC)c1cnc(C)c(F)c1. The van der Waals surface area contributed by atoms with Gasteiger partial charge in [0.1, 0.15) is 5.82 Å². The van der Waals surface area contributed by atoms with E-state index in [2.05, 4.69) is 23.7 Å². The van der Waals surface area contributed by atoms with E-state index in [1.54, 1.807) is 19.2 Å². The van der Waals surface area contributed by atoms with Crippen LogP contribution in [-0.4, -0.2) is 18.1 Å². The smallest absolute Gasteiger partial charge is 0.146 e. The highest BCUT2D eigenvalue weighted by Crippen LogP contribution is 2.16. The molecule has 0 saturated heterocycles. The molecule has 0 spiro atoms. The normalized spacial score (nSPS) is 10.4. The van der Waals surface area contributed by atoms with Crippen molar-refractivity contribution in [1.82, 2.24) is 4.98 Å². The number of hydrogen-bond acceptors (Lipinski definition) is 2. The summed E-state index contributed by atoms with van der Waals surface area (Å²) in [5, 5.41) is 0. The van der Waals surface area contributed by atoms with Crippen LogP contribution in [0.1, 0.15) is 32.4 Å². The van der Waals surface area contributed by atoms with Gasteiger partial charge in [-0.15, -0.1) is 0 Å². The van der Waals surface area contributed by atoms with Crippen molar-refractivity contribution in [1.29, 1.82) is 0 Å². The Hall–Kier alpha value is -1.12. The maximum Gasteiger partial charge on any atom is 0.146 e. The van der Waals surface area contributed by atoms with Gasteiger partial charge in [0.2, 0.25) is 0 Å². The lowest BCUT2D eigenvalue weighted by Gasteiger charge is -2.23. The number of anilines is 1. The van der Waals surface area contributed by atoms with E-state index < -0.39 is 0 Å². The fourth-order valence-electron chi connectivity index (χ4n) is 1.58. The minimum atomic E-state index is -0.218. The third-order valence-electron chi connectivity index (χ3n) is 2.36. The molecule has 2 nitrogen and oxygen atoms in total. The molecule has 15 heavy (non-hydrogen) atoms. The van der Waals surface area contributed by atoms with Gasteiger partial charge in [-0.05, 0) is 19.8 Å². The van der Waals surface area contributed by atoms with E-state index >= 15 is 0 Å². The van der Waals surface area contributed by atoms with Crippen molar-refractivity contribution in [3.05, 3.63) is 23.8 Å². The molecule has 0 aliphatic heterocycles. The Morgan fingerprint density at radius 2 is 1.87 bits per heavy atom. The van der Waals surface area contributed by atoms with Crippen molar-refractivity contribution >= 4 is 5.69 Å². The van der Waals surface area contributed by atoms with Crippen LogP contribution >= 0.6 is 0 Å². The van der Waals surface area contributed by atoms with Gasteiger partial charge in [-0.25, -0.2) is 4.39 Å². The van der Waals surface area contributed by atoms with Crippen molar-refractivity contribution in [3.63, 3.8) is 0 Å². The van der Waals surface area contributed by atoms with Crippen molar-refractivity contribution in [2.75, 3.05) is 18.0 Å². The Bertz CT molecular complexity index is 306. The Balaban J connectivity index is 2.85. The lowest BCUT2D eigenvalue weighted by Crippen LogP contribution is -2.25. The third kappa shape index (κ3) is 3.18. The number of aryl methyl sites for hydroxylation is 1. The molecule has 1 heterocycles. The number of hydrogen-bond donors (Lipinski definition) is 0. The second-order valence-corrected chi connectivity index (χ2v) is 3.75. The average Bonchev–Trinajstić information content (AvgIpc) is 2.22. The van der Waals surface area contributed by atoms with Crippen LogP contribution in [0.25, 0.3) is 0 Å². The van der Waals surface area contributed by atoms with Gasteiger partial charge in [-0.2, -0.15) is 0 Å². The van der Waals surface area contributed by atoms with Crippen molar-refractivity contribution in [2.45, 2.75) is 33.6 Å². The summed E-state index contributed by atoms with van der Waals surface area (Å²) in [5.41, 5.74) is 1.36. The summed E-state index contributed by atoms with van der Waals surface area (Å²) in [6.45, 7) is 7.85. The maximum atomic E-state index is 13.3. The minimum Gasteiger partial charge on any atom is -0.370 e. The third-order valence-corrected chi connectivity index (χ3v) is 2.36. The largest absolute Gasteiger partial charge is 0.370 e. The van der Waals surface area contributed by atoms with Crippen LogP contribution < -0.4 is 4.90 Å². The summed E-state index contributed by atoms with van der Waals surface area (Å²) in [6, 6.07) is 1.58. The summed E-state index contributed by atoms with van der Waals surface area (Å²) in [4.78, 5) is 6.22. The predicted molar refractivity (Wildman–Crippen MR) is 61.7 cm³/mol. The Labute approximate surface area is 91.1 Å². The standard InChI is InChI=1S/C12H19FN2/c1-4-6-15(7-5-2)11-8-12(13)10(3)14-9-11/h8-9H,4-7H2,1-3H3. The van der Waals surface area contributed by atoms with E-state index in [1.165, 1.54) is 0 Å². The number of nitrogens with zero attached hydrogens (tertiary/aromatic N) is 2. The van der Waals surface area contributed by atoms with Crippen molar-refractivity contribution in [3.8, 4) is 0 Å². The molecule has 0 saturated carbocycles. The molecule has 0 radical (unpaired) electrons. The number of rotatable bonds is 5. The van der Waals surface area contributed by atoms with E-state index in [-0.39, 0.29) is 5.82 Å². The zero-order valence-corrected chi connectivity index (χ0v) is 9.76. The first-order valence-electron chi connectivity index (χ1n) is 5.56. The fourth-order valence-corrected chi connectivity index (χ4v) is 1.58. The van der Waals surface area contributed by atoms with Gasteiger partial charge in [0.25, 0.3) is 0 Å². The molecule has 0 amide bonds. The fraction of sp³-hybridized carbons (Fsp3) is 0.583. The van der Waals surface area contributed by atoms with Crippen LogP contribution in [0.4, 0.5) is 10.1 Å². The Kier molecular flexibility index (Phi) is 4.53. The summed E-state index contributed by atoms with van der Waals surface area (Å²) in [6.07, 6.45) is 3.88.